The van der Waals surface area contributed by atoms with Crippen LogP contribution in [0.5, 0.6) is 0 Å². The first-order chi connectivity index (χ1) is 14.4. The molecule has 0 N–H and O–H groups in total. The first-order valence-electron chi connectivity index (χ1n) is 9.82. The average Bonchev–Trinajstić information content (AvgIpc) is 3.26. The minimum Gasteiger partial charge on any atom is -0.360 e. The molecule has 0 radical (unpaired) electrons. The van der Waals surface area contributed by atoms with E-state index in [-0.39, 0.29) is 5.91 Å². The number of carbonyl (C=O) groups excluding carboxylic acids is 1. The molecule has 3 heterocycles. The lowest BCUT2D eigenvalue weighted by molar-refractivity contribution is 0.0617. The van der Waals surface area contributed by atoms with Crippen LogP contribution in [0.4, 0.5) is 0 Å². The Bertz CT molecular complexity index is 1050. The zero-order chi connectivity index (χ0) is 21.3. The highest BCUT2D eigenvalue weighted by Gasteiger charge is 2.28. The summed E-state index contributed by atoms with van der Waals surface area (Å²) >= 11 is 12.8. The van der Waals surface area contributed by atoms with Crippen LogP contribution < -0.4 is 0 Å². The molecule has 0 saturated carbocycles. The molecule has 1 aromatic carbocycles. The second kappa shape index (κ2) is 8.79. The van der Waals surface area contributed by atoms with Crippen molar-refractivity contribution in [3.8, 4) is 0 Å². The minimum atomic E-state index is -0.0851. The molecule has 9 heteroatoms. The van der Waals surface area contributed by atoms with E-state index in [1.165, 1.54) is 0 Å². The fraction of sp³-hybridized carbons (Fsp3) is 0.381. The van der Waals surface area contributed by atoms with Crippen LogP contribution in [0.3, 0.4) is 0 Å². The highest BCUT2D eigenvalue weighted by Crippen LogP contribution is 2.25. The van der Waals surface area contributed by atoms with Crippen molar-refractivity contribution in [1.82, 2.24) is 24.7 Å². The maximum Gasteiger partial charge on any atom is 0.258 e. The maximum atomic E-state index is 13.2. The van der Waals surface area contributed by atoms with Crippen molar-refractivity contribution in [3.63, 3.8) is 0 Å². The number of carbonyl (C=O) groups is 1. The van der Waals surface area contributed by atoms with Crippen LogP contribution in [0.2, 0.25) is 10.2 Å². The van der Waals surface area contributed by atoms with E-state index in [0.717, 1.165) is 30.1 Å². The standard InChI is InChI=1S/C21H23Cl2N5O2/c1-14-11-17(30-25-14)13-26-7-9-27(10-8-26)21(29)19-15(2)24-28(20(19)23)12-16-5-3-4-6-18(16)22/h3-6,11H,7-10,12-13H2,1-2H3. The Labute approximate surface area is 185 Å². The Hall–Kier alpha value is -2.35. The van der Waals surface area contributed by atoms with E-state index in [9.17, 15) is 4.79 Å². The summed E-state index contributed by atoms with van der Waals surface area (Å²) in [5, 5.41) is 9.40. The van der Waals surface area contributed by atoms with E-state index >= 15 is 0 Å². The average molecular weight is 448 g/mol. The molecule has 0 aliphatic carbocycles. The van der Waals surface area contributed by atoms with Gasteiger partial charge in [0.1, 0.15) is 5.15 Å². The van der Waals surface area contributed by atoms with Crippen LogP contribution in [0, 0.1) is 13.8 Å². The van der Waals surface area contributed by atoms with E-state index in [1.54, 1.807) is 4.68 Å². The highest BCUT2D eigenvalue weighted by atomic mass is 35.5. The number of nitrogens with zero attached hydrogens (tertiary/aromatic N) is 5. The largest absolute Gasteiger partial charge is 0.360 e. The van der Waals surface area contributed by atoms with Crippen LogP contribution in [0.1, 0.15) is 33.1 Å². The van der Waals surface area contributed by atoms with Crippen molar-refractivity contribution in [2.45, 2.75) is 26.9 Å². The molecular formula is C21H23Cl2N5O2. The number of hydrogen-bond acceptors (Lipinski definition) is 5. The molecule has 7 nitrogen and oxygen atoms in total. The van der Waals surface area contributed by atoms with Crippen LogP contribution in [-0.4, -0.2) is 56.8 Å². The van der Waals surface area contributed by atoms with Gasteiger partial charge >= 0.3 is 0 Å². The number of piperazine rings is 1. The summed E-state index contributed by atoms with van der Waals surface area (Å²) in [7, 11) is 0. The topological polar surface area (TPSA) is 67.4 Å². The maximum absolute atomic E-state index is 13.2. The lowest BCUT2D eigenvalue weighted by Gasteiger charge is -2.34. The summed E-state index contributed by atoms with van der Waals surface area (Å²) in [5.41, 5.74) is 2.86. The molecule has 0 unspecified atom stereocenters. The van der Waals surface area contributed by atoms with Gasteiger partial charge in [-0.1, -0.05) is 46.6 Å². The second-order valence-corrected chi connectivity index (χ2v) is 8.27. The Balaban J connectivity index is 1.42. The predicted molar refractivity (Wildman–Crippen MR) is 115 cm³/mol. The predicted octanol–water partition coefficient (Wildman–Crippen LogP) is 3.80. The number of aryl methyl sites for hydroxylation is 2. The van der Waals surface area contributed by atoms with Crippen molar-refractivity contribution < 1.29 is 9.32 Å². The van der Waals surface area contributed by atoms with Gasteiger partial charge in [-0.15, -0.1) is 0 Å². The Morgan fingerprint density at radius 3 is 2.50 bits per heavy atom. The number of rotatable bonds is 5. The minimum absolute atomic E-state index is 0.0851. The molecule has 158 valence electrons. The third kappa shape index (κ3) is 4.38. The van der Waals surface area contributed by atoms with Crippen molar-refractivity contribution in [3.05, 3.63) is 68.8 Å². The van der Waals surface area contributed by atoms with E-state index in [2.05, 4.69) is 15.2 Å². The summed E-state index contributed by atoms with van der Waals surface area (Å²) < 4.78 is 6.92. The summed E-state index contributed by atoms with van der Waals surface area (Å²) in [6.45, 7) is 7.59. The van der Waals surface area contributed by atoms with E-state index in [4.69, 9.17) is 27.7 Å². The molecule has 0 spiro atoms. The van der Waals surface area contributed by atoms with Crippen molar-refractivity contribution >= 4 is 29.1 Å². The molecular weight excluding hydrogens is 425 g/mol. The Morgan fingerprint density at radius 2 is 1.83 bits per heavy atom. The summed E-state index contributed by atoms with van der Waals surface area (Å²) in [5.74, 6) is 0.755. The first-order valence-corrected chi connectivity index (χ1v) is 10.6. The van der Waals surface area contributed by atoms with E-state index in [1.807, 2.05) is 49.1 Å². The molecule has 4 rings (SSSR count). The van der Waals surface area contributed by atoms with Gasteiger partial charge in [0, 0.05) is 37.3 Å². The van der Waals surface area contributed by atoms with Crippen molar-refractivity contribution in [2.75, 3.05) is 26.2 Å². The van der Waals surface area contributed by atoms with E-state index in [0.29, 0.717) is 47.6 Å². The normalized spacial score (nSPS) is 15.0. The third-order valence-corrected chi connectivity index (χ3v) is 6.03. The van der Waals surface area contributed by atoms with Gasteiger partial charge in [-0.05, 0) is 25.5 Å². The zero-order valence-corrected chi connectivity index (χ0v) is 18.4. The fourth-order valence-electron chi connectivity index (χ4n) is 3.67. The van der Waals surface area contributed by atoms with Gasteiger partial charge in [-0.2, -0.15) is 5.10 Å². The van der Waals surface area contributed by atoms with Crippen molar-refractivity contribution in [2.24, 2.45) is 0 Å². The number of aromatic nitrogens is 3. The summed E-state index contributed by atoms with van der Waals surface area (Å²) in [6, 6.07) is 9.48. The number of hydrogen-bond donors (Lipinski definition) is 0. The van der Waals surface area contributed by atoms with Crippen LogP contribution in [0.25, 0.3) is 0 Å². The summed E-state index contributed by atoms with van der Waals surface area (Å²) in [4.78, 5) is 17.2. The first kappa shape index (κ1) is 20.9. The van der Waals surface area contributed by atoms with Crippen molar-refractivity contribution in [1.29, 1.82) is 0 Å². The molecule has 1 aliphatic rings. The smallest absolute Gasteiger partial charge is 0.258 e. The Kier molecular flexibility index (Phi) is 6.13. The highest BCUT2D eigenvalue weighted by molar-refractivity contribution is 6.33. The van der Waals surface area contributed by atoms with Gasteiger partial charge in [0.15, 0.2) is 5.76 Å². The zero-order valence-electron chi connectivity index (χ0n) is 16.9. The molecule has 30 heavy (non-hydrogen) atoms. The summed E-state index contributed by atoms with van der Waals surface area (Å²) in [6.07, 6.45) is 0. The van der Waals surface area contributed by atoms with Gasteiger partial charge < -0.3 is 9.42 Å². The molecule has 0 bridgehead atoms. The number of amides is 1. The second-order valence-electron chi connectivity index (χ2n) is 7.50. The molecule has 1 amide bonds. The molecule has 3 aromatic rings. The SMILES string of the molecule is Cc1cc(CN2CCN(C(=O)c3c(C)nn(Cc4ccccc4Cl)c3Cl)CC2)on1. The van der Waals surface area contributed by atoms with Crippen LogP contribution in [0.15, 0.2) is 34.9 Å². The van der Waals surface area contributed by atoms with Crippen LogP contribution in [-0.2, 0) is 13.1 Å². The lowest BCUT2D eigenvalue weighted by atomic mass is 10.2. The molecule has 0 atom stereocenters. The quantitative estimate of drug-likeness (QED) is 0.594. The van der Waals surface area contributed by atoms with Gasteiger partial charge in [-0.3, -0.25) is 9.69 Å². The molecule has 1 aliphatic heterocycles. The van der Waals surface area contributed by atoms with Crippen LogP contribution >= 0.6 is 23.2 Å². The van der Waals surface area contributed by atoms with Gasteiger partial charge in [0.2, 0.25) is 0 Å². The lowest BCUT2D eigenvalue weighted by Crippen LogP contribution is -2.48. The van der Waals surface area contributed by atoms with E-state index < -0.39 is 0 Å². The molecule has 1 fully saturated rings. The van der Waals surface area contributed by atoms with Gasteiger partial charge in [0.05, 0.1) is 30.0 Å². The molecule has 2 aromatic heterocycles. The fourth-order valence-corrected chi connectivity index (χ4v) is 4.18. The van der Waals surface area contributed by atoms with Gasteiger partial charge in [0.25, 0.3) is 5.91 Å². The number of halogens is 2. The molecule has 1 saturated heterocycles. The third-order valence-electron chi connectivity index (χ3n) is 5.27. The van der Waals surface area contributed by atoms with Gasteiger partial charge in [-0.25, -0.2) is 4.68 Å². The number of benzene rings is 1. The Morgan fingerprint density at radius 1 is 1.10 bits per heavy atom. The monoisotopic (exact) mass is 447 g/mol.